The molecular weight excluding hydrogens is 562 g/mol. The van der Waals surface area contributed by atoms with Gasteiger partial charge in [0, 0.05) is 13.1 Å². The zero-order chi connectivity index (χ0) is 33.0. The van der Waals surface area contributed by atoms with Crippen LogP contribution in [0.2, 0.25) is 0 Å². The maximum absolute atomic E-state index is 14.2. The third-order valence-electron chi connectivity index (χ3n) is 9.84. The lowest BCUT2D eigenvalue weighted by Gasteiger charge is -2.38. The van der Waals surface area contributed by atoms with E-state index in [4.69, 9.17) is 0 Å². The van der Waals surface area contributed by atoms with E-state index in [-0.39, 0.29) is 41.9 Å². The first-order chi connectivity index (χ1) is 20.6. The van der Waals surface area contributed by atoms with Gasteiger partial charge in [-0.2, -0.15) is 0 Å². The summed E-state index contributed by atoms with van der Waals surface area (Å²) in [7, 11) is 0. The fraction of sp³-hybridized carbons (Fsp3) is 0.758. The SMILES string of the molecule is C=CCNC(=O)C(=O)C(CCC)NC(=O)[C@@H]1[C@@H]2C(CN1C(=O)[C@@H](NC(=O)N[C@H](C(C)=O)C1CCCCC1)C(C)(C)C)C2(C)C. The summed E-state index contributed by atoms with van der Waals surface area (Å²) in [5, 5.41) is 10.9. The molecule has 6 atom stereocenters. The number of carbonyl (C=O) groups is 6. The van der Waals surface area contributed by atoms with Gasteiger partial charge >= 0.3 is 6.03 Å². The fourth-order valence-corrected chi connectivity index (χ4v) is 7.19. The summed E-state index contributed by atoms with van der Waals surface area (Å²) < 4.78 is 0. The van der Waals surface area contributed by atoms with Crippen molar-refractivity contribution < 1.29 is 28.8 Å². The highest BCUT2D eigenvalue weighted by Crippen LogP contribution is 2.65. The molecule has 2 unspecified atom stereocenters. The third kappa shape index (κ3) is 7.88. The number of piperidine rings is 1. The Morgan fingerprint density at radius 2 is 1.64 bits per heavy atom. The molecular formula is C33H53N5O6. The molecule has 1 heterocycles. The third-order valence-corrected chi connectivity index (χ3v) is 9.84. The van der Waals surface area contributed by atoms with Crippen LogP contribution in [0, 0.1) is 28.6 Å². The summed E-state index contributed by atoms with van der Waals surface area (Å²) in [4.78, 5) is 80.7. The first-order valence-corrected chi connectivity index (χ1v) is 16.2. The van der Waals surface area contributed by atoms with E-state index in [9.17, 15) is 28.8 Å². The van der Waals surface area contributed by atoms with Gasteiger partial charge in [0.25, 0.3) is 5.91 Å². The second kappa shape index (κ2) is 14.2. The van der Waals surface area contributed by atoms with Crippen molar-refractivity contribution in [2.75, 3.05) is 13.1 Å². The molecule has 1 aliphatic heterocycles. The van der Waals surface area contributed by atoms with Crippen molar-refractivity contribution in [2.24, 2.45) is 28.6 Å². The topological polar surface area (TPSA) is 154 Å². The molecule has 2 saturated carbocycles. The van der Waals surface area contributed by atoms with Crippen molar-refractivity contribution in [1.82, 2.24) is 26.2 Å². The van der Waals surface area contributed by atoms with E-state index in [0.717, 1.165) is 32.1 Å². The molecule has 0 aromatic rings. The van der Waals surface area contributed by atoms with Crippen LogP contribution in [-0.4, -0.2) is 77.5 Å². The molecule has 0 aromatic carbocycles. The van der Waals surface area contributed by atoms with Crippen LogP contribution < -0.4 is 21.3 Å². The summed E-state index contributed by atoms with van der Waals surface area (Å²) in [6, 6.07) is -4.07. The highest BCUT2D eigenvalue weighted by atomic mass is 16.2. The average molecular weight is 616 g/mol. The smallest absolute Gasteiger partial charge is 0.316 e. The zero-order valence-electron chi connectivity index (χ0n) is 27.6. The van der Waals surface area contributed by atoms with Crippen molar-refractivity contribution in [3.8, 4) is 0 Å². The molecule has 0 radical (unpaired) electrons. The molecule has 0 bridgehead atoms. The molecule has 11 nitrogen and oxygen atoms in total. The van der Waals surface area contributed by atoms with Gasteiger partial charge in [0.05, 0.1) is 12.1 Å². The molecule has 3 rings (SSSR count). The highest BCUT2D eigenvalue weighted by molar-refractivity contribution is 6.38. The highest BCUT2D eigenvalue weighted by Gasteiger charge is 2.70. The predicted molar refractivity (Wildman–Crippen MR) is 167 cm³/mol. The second-order valence-electron chi connectivity index (χ2n) is 14.5. The maximum Gasteiger partial charge on any atom is 0.316 e. The molecule has 44 heavy (non-hydrogen) atoms. The van der Waals surface area contributed by atoms with Gasteiger partial charge in [-0.05, 0) is 54.8 Å². The Kier molecular flexibility index (Phi) is 11.4. The maximum atomic E-state index is 14.2. The van der Waals surface area contributed by atoms with Gasteiger partial charge in [0.1, 0.15) is 12.1 Å². The molecule has 3 fully saturated rings. The Morgan fingerprint density at radius 1 is 1.00 bits per heavy atom. The molecule has 3 aliphatic rings. The Balaban J connectivity index is 1.80. The van der Waals surface area contributed by atoms with Gasteiger partial charge in [-0.1, -0.05) is 73.3 Å². The van der Waals surface area contributed by atoms with E-state index in [1.54, 1.807) is 0 Å². The summed E-state index contributed by atoms with van der Waals surface area (Å²) >= 11 is 0. The quantitative estimate of drug-likeness (QED) is 0.185. The lowest BCUT2D eigenvalue weighted by atomic mass is 9.82. The van der Waals surface area contributed by atoms with E-state index in [2.05, 4.69) is 41.7 Å². The molecule has 4 N–H and O–H groups in total. The monoisotopic (exact) mass is 615 g/mol. The lowest BCUT2D eigenvalue weighted by molar-refractivity contribution is -0.145. The number of nitrogens with one attached hydrogen (secondary N) is 4. The number of urea groups is 1. The summed E-state index contributed by atoms with van der Waals surface area (Å²) in [6.07, 6.45) is 7.18. The van der Waals surface area contributed by atoms with Crippen molar-refractivity contribution in [3.05, 3.63) is 12.7 Å². The van der Waals surface area contributed by atoms with Gasteiger partial charge in [0.15, 0.2) is 5.78 Å². The van der Waals surface area contributed by atoms with Crippen LogP contribution in [0.1, 0.15) is 93.4 Å². The van der Waals surface area contributed by atoms with Crippen molar-refractivity contribution in [1.29, 1.82) is 0 Å². The molecule has 0 aromatic heterocycles. The number of hydrogen-bond acceptors (Lipinski definition) is 6. The Morgan fingerprint density at radius 3 is 2.18 bits per heavy atom. The van der Waals surface area contributed by atoms with Crippen LogP contribution in [0.25, 0.3) is 0 Å². The molecule has 246 valence electrons. The summed E-state index contributed by atoms with van der Waals surface area (Å²) in [5.74, 6) is -2.50. The van der Waals surface area contributed by atoms with Crippen LogP contribution in [0.4, 0.5) is 4.79 Å². The molecule has 1 saturated heterocycles. The largest absolute Gasteiger partial charge is 0.346 e. The number of amides is 5. The van der Waals surface area contributed by atoms with Crippen LogP contribution in [0.5, 0.6) is 0 Å². The van der Waals surface area contributed by atoms with E-state index in [1.165, 1.54) is 17.9 Å². The first-order valence-electron chi connectivity index (χ1n) is 16.2. The normalized spacial score (nSPS) is 24.6. The van der Waals surface area contributed by atoms with Gasteiger partial charge < -0.3 is 26.2 Å². The van der Waals surface area contributed by atoms with Crippen molar-refractivity contribution >= 4 is 35.3 Å². The van der Waals surface area contributed by atoms with Crippen molar-refractivity contribution in [2.45, 2.75) is 118 Å². The van der Waals surface area contributed by atoms with Crippen molar-refractivity contribution in [3.63, 3.8) is 0 Å². The first kappa shape index (κ1) is 35.2. The van der Waals surface area contributed by atoms with E-state index in [1.807, 2.05) is 27.7 Å². The lowest BCUT2D eigenvalue weighted by Crippen LogP contribution is -2.62. The minimum absolute atomic E-state index is 0.0643. The van der Waals surface area contributed by atoms with Gasteiger partial charge in [-0.15, -0.1) is 6.58 Å². The zero-order valence-corrected chi connectivity index (χ0v) is 27.6. The Hall–Kier alpha value is -3.24. The minimum Gasteiger partial charge on any atom is -0.346 e. The van der Waals surface area contributed by atoms with Gasteiger partial charge in [-0.25, -0.2) is 4.79 Å². The van der Waals surface area contributed by atoms with Gasteiger partial charge in [0.2, 0.25) is 17.6 Å². The van der Waals surface area contributed by atoms with E-state index < -0.39 is 59.1 Å². The fourth-order valence-electron chi connectivity index (χ4n) is 7.19. The number of rotatable bonds is 13. The number of nitrogens with zero attached hydrogens (tertiary/aromatic N) is 1. The van der Waals surface area contributed by atoms with E-state index >= 15 is 0 Å². The van der Waals surface area contributed by atoms with Crippen LogP contribution in [0.15, 0.2) is 12.7 Å². The second-order valence-corrected chi connectivity index (χ2v) is 14.5. The molecule has 0 spiro atoms. The molecule has 5 amide bonds. The average Bonchev–Trinajstić information content (AvgIpc) is 3.28. The minimum atomic E-state index is -1.03. The standard InChI is InChI=1S/C33H53N5O6/c1-9-14-22(26(40)29(42)34-17-10-2)35-28(41)25-23-21(33(23,7)8)18-38(25)30(43)27(32(4,5)6)37-31(44)36-24(19(3)39)20-15-12-11-13-16-20/h10,20-25,27H,2,9,11-18H2,1,3-8H3,(H,34,42)(H,35,41)(H2,36,37,44)/t21?,22?,23-,24+,25-,27+/m0/s1. The van der Waals surface area contributed by atoms with Gasteiger partial charge in [-0.3, -0.25) is 24.0 Å². The number of Topliss-reactive ketones (excluding diaryl/α,β-unsaturated/α-hetero) is 2. The molecule has 11 heteroatoms. The number of hydrogen-bond donors (Lipinski definition) is 4. The predicted octanol–water partition coefficient (Wildman–Crippen LogP) is 2.88. The summed E-state index contributed by atoms with van der Waals surface area (Å²) in [6.45, 7) is 17.0. The number of fused-ring (bicyclic) bond motifs is 1. The number of ketones is 2. The Labute approximate surface area is 262 Å². The number of carbonyl (C=O) groups excluding carboxylic acids is 6. The van der Waals surface area contributed by atoms with Crippen LogP contribution in [0.3, 0.4) is 0 Å². The number of likely N-dealkylation sites (tertiary alicyclic amines) is 1. The molecule has 2 aliphatic carbocycles. The van der Waals surface area contributed by atoms with E-state index in [0.29, 0.717) is 13.0 Å². The van der Waals surface area contributed by atoms with Crippen LogP contribution >= 0.6 is 0 Å². The van der Waals surface area contributed by atoms with Crippen LogP contribution in [-0.2, 0) is 24.0 Å². The Bertz CT molecular complexity index is 1140. The summed E-state index contributed by atoms with van der Waals surface area (Å²) in [5.41, 5.74) is -0.890.